The molecular formula is C6H5BBrClO3. The van der Waals surface area contributed by atoms with Crippen molar-refractivity contribution in [3.63, 3.8) is 0 Å². The van der Waals surface area contributed by atoms with E-state index in [1.807, 2.05) is 0 Å². The average molecular weight is 251 g/mol. The molecule has 2 N–H and O–H groups in total. The smallest absolute Gasteiger partial charge is 0.511 e. The van der Waals surface area contributed by atoms with Crippen LogP contribution in [-0.4, -0.2) is 17.4 Å². The Hall–Kier alpha value is -0.225. The van der Waals surface area contributed by atoms with Crippen LogP contribution in [0.5, 0.6) is 5.75 Å². The molecule has 3 nitrogen and oxygen atoms in total. The molecule has 0 amide bonds. The predicted octanol–water partition coefficient (Wildman–Crippen LogP) is 1.45. The van der Waals surface area contributed by atoms with Crippen molar-refractivity contribution in [1.29, 1.82) is 0 Å². The number of hydrogen-bond acceptors (Lipinski definition) is 3. The van der Waals surface area contributed by atoms with Crippen molar-refractivity contribution in [2.75, 3.05) is 0 Å². The van der Waals surface area contributed by atoms with Crippen LogP contribution in [0.2, 0.25) is 5.02 Å². The highest BCUT2D eigenvalue weighted by atomic mass is 79.9. The third-order valence-electron chi connectivity index (χ3n) is 1.13. The first-order chi connectivity index (χ1) is 5.59. The Labute approximate surface area is 83.2 Å². The zero-order chi connectivity index (χ0) is 9.14. The Balaban J connectivity index is 2.86. The second-order valence-electron chi connectivity index (χ2n) is 2.02. The highest BCUT2D eigenvalue weighted by molar-refractivity contribution is 9.10. The van der Waals surface area contributed by atoms with Crippen LogP contribution < -0.4 is 4.65 Å². The summed E-state index contributed by atoms with van der Waals surface area (Å²) >= 11 is 8.79. The molecule has 0 bridgehead atoms. The average Bonchev–Trinajstić information content (AvgIpc) is 1.94. The molecule has 0 atom stereocenters. The van der Waals surface area contributed by atoms with Crippen molar-refractivity contribution < 1.29 is 14.7 Å². The maximum absolute atomic E-state index is 8.48. The summed E-state index contributed by atoms with van der Waals surface area (Å²) in [6, 6.07) is 4.72. The second-order valence-corrected chi connectivity index (χ2v) is 3.31. The van der Waals surface area contributed by atoms with Gasteiger partial charge in [-0.2, -0.15) is 0 Å². The minimum absolute atomic E-state index is 0.328. The van der Waals surface area contributed by atoms with Gasteiger partial charge in [-0.05, 0) is 34.1 Å². The van der Waals surface area contributed by atoms with Gasteiger partial charge in [0.25, 0.3) is 0 Å². The van der Waals surface area contributed by atoms with Crippen LogP contribution in [-0.2, 0) is 0 Å². The van der Waals surface area contributed by atoms with Crippen molar-refractivity contribution in [3.05, 3.63) is 27.7 Å². The normalized spacial score (nSPS) is 9.67. The summed E-state index contributed by atoms with van der Waals surface area (Å²) in [5.41, 5.74) is 0. The molecule has 0 aliphatic heterocycles. The predicted molar refractivity (Wildman–Crippen MR) is 50.0 cm³/mol. The standard InChI is InChI=1S/C6H5BBrClO3/c8-5-3-4(9)1-2-6(5)12-7(10)11/h1-3,10-11H. The number of hydrogen-bond donors (Lipinski definition) is 2. The summed E-state index contributed by atoms with van der Waals surface area (Å²) in [6.07, 6.45) is 0. The fourth-order valence-electron chi connectivity index (χ4n) is 0.684. The second kappa shape index (κ2) is 4.14. The molecule has 0 unspecified atom stereocenters. The zero-order valence-corrected chi connectivity index (χ0v) is 8.21. The van der Waals surface area contributed by atoms with Crippen molar-refractivity contribution in [2.24, 2.45) is 0 Å². The van der Waals surface area contributed by atoms with E-state index in [0.29, 0.717) is 15.2 Å². The third-order valence-corrected chi connectivity index (χ3v) is 1.98. The van der Waals surface area contributed by atoms with E-state index in [1.54, 1.807) is 12.1 Å². The zero-order valence-electron chi connectivity index (χ0n) is 5.87. The summed E-state index contributed by atoms with van der Waals surface area (Å²) in [4.78, 5) is 0. The lowest BCUT2D eigenvalue weighted by molar-refractivity contribution is 0.287. The van der Waals surface area contributed by atoms with E-state index in [9.17, 15) is 0 Å². The molecule has 64 valence electrons. The fourth-order valence-corrected chi connectivity index (χ4v) is 1.46. The fraction of sp³-hybridized carbons (Fsp3) is 0. The van der Waals surface area contributed by atoms with Crippen molar-refractivity contribution in [3.8, 4) is 5.75 Å². The van der Waals surface area contributed by atoms with Crippen LogP contribution in [0, 0.1) is 0 Å². The lowest BCUT2D eigenvalue weighted by atomic mass is 10.2. The SMILES string of the molecule is OB(O)Oc1ccc(Cl)cc1Br. The molecule has 1 aromatic rings. The molecule has 0 heterocycles. The molecule has 0 fully saturated rings. The van der Waals surface area contributed by atoms with Crippen LogP contribution in [0.1, 0.15) is 0 Å². The summed E-state index contributed by atoms with van der Waals surface area (Å²) in [5, 5.41) is 17.5. The van der Waals surface area contributed by atoms with Crippen LogP contribution in [0.4, 0.5) is 0 Å². The Morgan fingerprint density at radius 1 is 1.42 bits per heavy atom. The van der Waals surface area contributed by atoms with Crippen molar-refractivity contribution in [1.82, 2.24) is 0 Å². The maximum Gasteiger partial charge on any atom is 0.707 e. The lowest BCUT2D eigenvalue weighted by Gasteiger charge is -2.06. The van der Waals surface area contributed by atoms with Gasteiger partial charge in [0.05, 0.1) is 4.47 Å². The quantitative estimate of drug-likeness (QED) is 0.782. The third kappa shape index (κ3) is 2.67. The molecule has 1 aromatic carbocycles. The molecule has 0 aliphatic carbocycles. The summed E-state index contributed by atoms with van der Waals surface area (Å²) in [6.45, 7) is 0. The van der Waals surface area contributed by atoms with Gasteiger partial charge in [-0.25, -0.2) is 0 Å². The molecule has 0 aliphatic rings. The van der Waals surface area contributed by atoms with E-state index in [4.69, 9.17) is 21.6 Å². The van der Waals surface area contributed by atoms with Gasteiger partial charge >= 0.3 is 7.32 Å². The first-order valence-electron chi connectivity index (χ1n) is 3.07. The van der Waals surface area contributed by atoms with Gasteiger partial charge in [0.1, 0.15) is 5.75 Å². The van der Waals surface area contributed by atoms with Crippen molar-refractivity contribution >= 4 is 34.9 Å². The molecule has 0 radical (unpaired) electrons. The van der Waals surface area contributed by atoms with E-state index >= 15 is 0 Å². The van der Waals surface area contributed by atoms with Gasteiger partial charge in [-0.15, -0.1) is 0 Å². The largest absolute Gasteiger partial charge is 0.707 e. The van der Waals surface area contributed by atoms with Crippen LogP contribution in [0.3, 0.4) is 0 Å². The van der Waals surface area contributed by atoms with E-state index in [-0.39, 0.29) is 0 Å². The van der Waals surface area contributed by atoms with E-state index in [0.717, 1.165) is 0 Å². The summed E-state index contributed by atoms with van der Waals surface area (Å²) in [7, 11) is -1.82. The maximum atomic E-state index is 8.48. The minimum Gasteiger partial charge on any atom is -0.511 e. The number of rotatable bonds is 2. The first kappa shape index (κ1) is 9.86. The van der Waals surface area contributed by atoms with Gasteiger partial charge in [0, 0.05) is 5.02 Å². The molecule has 0 spiro atoms. The van der Waals surface area contributed by atoms with E-state index < -0.39 is 7.32 Å². The van der Waals surface area contributed by atoms with Gasteiger partial charge in [0.15, 0.2) is 0 Å². The Bertz CT molecular complexity index is 281. The summed E-state index contributed by atoms with van der Waals surface area (Å²) in [5.74, 6) is 0.328. The van der Waals surface area contributed by atoms with Gasteiger partial charge in [-0.1, -0.05) is 11.6 Å². The Morgan fingerprint density at radius 3 is 2.58 bits per heavy atom. The van der Waals surface area contributed by atoms with Gasteiger partial charge in [-0.3, -0.25) is 0 Å². The lowest BCUT2D eigenvalue weighted by Crippen LogP contribution is -2.20. The molecule has 0 saturated carbocycles. The molecule has 1 rings (SSSR count). The van der Waals surface area contributed by atoms with Crippen LogP contribution >= 0.6 is 27.5 Å². The van der Waals surface area contributed by atoms with Gasteiger partial charge < -0.3 is 14.7 Å². The highest BCUT2D eigenvalue weighted by Crippen LogP contribution is 2.27. The highest BCUT2D eigenvalue weighted by Gasteiger charge is 2.13. The molecule has 0 saturated heterocycles. The molecular weight excluding hydrogens is 246 g/mol. The van der Waals surface area contributed by atoms with E-state index in [1.165, 1.54) is 6.07 Å². The molecule has 0 aromatic heterocycles. The topological polar surface area (TPSA) is 49.7 Å². The molecule has 12 heavy (non-hydrogen) atoms. The van der Waals surface area contributed by atoms with Crippen LogP contribution in [0.15, 0.2) is 22.7 Å². The van der Waals surface area contributed by atoms with Crippen LogP contribution in [0.25, 0.3) is 0 Å². The Morgan fingerprint density at radius 2 is 2.08 bits per heavy atom. The minimum atomic E-state index is -1.82. The van der Waals surface area contributed by atoms with Gasteiger partial charge in [0.2, 0.25) is 0 Å². The monoisotopic (exact) mass is 250 g/mol. The number of benzene rings is 1. The van der Waals surface area contributed by atoms with Crippen molar-refractivity contribution in [2.45, 2.75) is 0 Å². The molecule has 6 heteroatoms. The summed E-state index contributed by atoms with van der Waals surface area (Å²) < 4.78 is 5.18. The number of halogens is 2. The first-order valence-corrected chi connectivity index (χ1v) is 4.24. The van der Waals surface area contributed by atoms with E-state index in [2.05, 4.69) is 20.6 Å². The Kier molecular flexibility index (Phi) is 3.40.